The van der Waals surface area contributed by atoms with Crippen LogP contribution in [0.2, 0.25) is 5.28 Å². The van der Waals surface area contributed by atoms with Gasteiger partial charge in [-0.25, -0.2) is 4.98 Å². The van der Waals surface area contributed by atoms with Crippen molar-refractivity contribution in [1.82, 2.24) is 9.55 Å². The maximum atomic E-state index is 12.1. The maximum absolute atomic E-state index is 12.1. The van der Waals surface area contributed by atoms with E-state index in [0.717, 1.165) is 23.1 Å². The summed E-state index contributed by atoms with van der Waals surface area (Å²) in [5.41, 5.74) is 1.21. The predicted molar refractivity (Wildman–Crippen MR) is 66.5 cm³/mol. The second-order valence-corrected chi connectivity index (χ2v) is 5.56. The molecular formula is C11H11ClN2OS. The van der Waals surface area contributed by atoms with Crippen molar-refractivity contribution >= 4 is 33.2 Å². The van der Waals surface area contributed by atoms with Crippen molar-refractivity contribution in [1.29, 1.82) is 0 Å². The highest BCUT2D eigenvalue weighted by Gasteiger charge is 2.20. The fraction of sp³-hybridized carbons (Fsp3) is 0.455. The molecule has 1 aliphatic rings. The first-order valence-electron chi connectivity index (χ1n) is 5.35. The number of thiophene rings is 1. The Hall–Kier alpha value is -0.870. The second-order valence-electron chi connectivity index (χ2n) is 4.14. The molecule has 1 aliphatic carbocycles. The number of hydrogen-bond donors (Lipinski definition) is 0. The molecule has 0 N–H and O–H groups in total. The van der Waals surface area contributed by atoms with Crippen molar-refractivity contribution in [3.05, 3.63) is 26.1 Å². The van der Waals surface area contributed by atoms with Gasteiger partial charge in [-0.3, -0.25) is 9.36 Å². The molecule has 0 fully saturated rings. The fourth-order valence-corrected chi connectivity index (χ4v) is 3.72. The minimum absolute atomic E-state index is 0.00519. The molecule has 2 aromatic rings. The summed E-state index contributed by atoms with van der Waals surface area (Å²) >= 11 is 7.54. The molecule has 0 aliphatic heterocycles. The first-order chi connectivity index (χ1) is 7.68. The van der Waals surface area contributed by atoms with Gasteiger partial charge in [0, 0.05) is 11.9 Å². The third kappa shape index (κ3) is 1.33. The summed E-state index contributed by atoms with van der Waals surface area (Å²) in [4.78, 5) is 18.5. The quantitative estimate of drug-likeness (QED) is 0.677. The first kappa shape index (κ1) is 10.3. The molecule has 3 rings (SSSR count). The zero-order chi connectivity index (χ0) is 11.3. The minimum atomic E-state index is -0.00519. The van der Waals surface area contributed by atoms with Crippen LogP contribution in [0, 0.1) is 0 Å². The highest BCUT2D eigenvalue weighted by atomic mass is 35.5. The molecule has 0 unspecified atom stereocenters. The van der Waals surface area contributed by atoms with Crippen LogP contribution in [0.4, 0.5) is 0 Å². The molecule has 5 heteroatoms. The molecule has 0 aromatic carbocycles. The Balaban J connectivity index is 2.45. The number of halogens is 1. The van der Waals surface area contributed by atoms with Crippen LogP contribution in [0.5, 0.6) is 0 Å². The molecule has 2 aromatic heterocycles. The van der Waals surface area contributed by atoms with E-state index in [1.807, 2.05) is 0 Å². The topological polar surface area (TPSA) is 34.9 Å². The van der Waals surface area contributed by atoms with Gasteiger partial charge in [0.1, 0.15) is 4.83 Å². The van der Waals surface area contributed by atoms with E-state index >= 15 is 0 Å². The Bertz CT molecular complexity index is 629. The zero-order valence-electron chi connectivity index (χ0n) is 8.92. The fourth-order valence-electron chi connectivity index (χ4n) is 2.26. The third-order valence-corrected chi connectivity index (χ3v) is 4.67. The van der Waals surface area contributed by atoms with Gasteiger partial charge in [-0.1, -0.05) is 0 Å². The molecule has 16 heavy (non-hydrogen) atoms. The summed E-state index contributed by atoms with van der Waals surface area (Å²) in [6.45, 7) is 0. The molecule has 2 heterocycles. The van der Waals surface area contributed by atoms with Gasteiger partial charge in [0.2, 0.25) is 5.28 Å². The van der Waals surface area contributed by atoms with E-state index < -0.39 is 0 Å². The molecule has 3 nitrogen and oxygen atoms in total. The zero-order valence-corrected chi connectivity index (χ0v) is 10.5. The van der Waals surface area contributed by atoms with Crippen molar-refractivity contribution in [2.45, 2.75) is 25.7 Å². The number of fused-ring (bicyclic) bond motifs is 3. The Kier molecular flexibility index (Phi) is 2.30. The van der Waals surface area contributed by atoms with Crippen molar-refractivity contribution < 1.29 is 0 Å². The molecule has 0 atom stereocenters. The lowest BCUT2D eigenvalue weighted by atomic mass is 9.97. The van der Waals surface area contributed by atoms with Crippen LogP contribution >= 0.6 is 22.9 Å². The minimum Gasteiger partial charge on any atom is -0.286 e. The van der Waals surface area contributed by atoms with Crippen LogP contribution in [0.1, 0.15) is 23.3 Å². The molecule has 0 saturated carbocycles. The highest BCUT2D eigenvalue weighted by Crippen LogP contribution is 2.33. The maximum Gasteiger partial charge on any atom is 0.263 e. The standard InChI is InChI=1S/C11H11ClN2OS/c1-14-10(15)8-6-4-2-3-5-7(6)16-9(8)13-11(14)12/h2-5H2,1H3. The van der Waals surface area contributed by atoms with Gasteiger partial charge >= 0.3 is 0 Å². The molecule has 0 amide bonds. The van der Waals surface area contributed by atoms with Crippen LogP contribution in [0.3, 0.4) is 0 Å². The van der Waals surface area contributed by atoms with Crippen LogP contribution in [-0.2, 0) is 19.9 Å². The van der Waals surface area contributed by atoms with Crippen molar-refractivity contribution in [2.75, 3.05) is 0 Å². The largest absolute Gasteiger partial charge is 0.286 e. The number of aromatic nitrogens is 2. The molecule has 0 radical (unpaired) electrons. The number of hydrogen-bond acceptors (Lipinski definition) is 3. The van der Waals surface area contributed by atoms with Gasteiger partial charge in [-0.15, -0.1) is 11.3 Å². The van der Waals surface area contributed by atoms with E-state index in [2.05, 4.69) is 4.98 Å². The third-order valence-electron chi connectivity index (χ3n) is 3.14. The summed E-state index contributed by atoms with van der Waals surface area (Å²) in [5.74, 6) is 0. The van der Waals surface area contributed by atoms with E-state index in [1.165, 1.54) is 27.8 Å². The average Bonchev–Trinajstić information content (AvgIpc) is 2.64. The van der Waals surface area contributed by atoms with Gasteiger partial charge in [0.15, 0.2) is 0 Å². The lowest BCUT2D eigenvalue weighted by Gasteiger charge is -2.09. The molecular weight excluding hydrogens is 244 g/mol. The van der Waals surface area contributed by atoms with E-state index in [-0.39, 0.29) is 10.8 Å². The SMILES string of the molecule is Cn1c(Cl)nc2sc3c(c2c1=O)CCCC3. The summed E-state index contributed by atoms with van der Waals surface area (Å²) in [6.07, 6.45) is 4.48. The highest BCUT2D eigenvalue weighted by molar-refractivity contribution is 7.18. The smallest absolute Gasteiger partial charge is 0.263 e. The summed E-state index contributed by atoms with van der Waals surface area (Å²) in [5, 5.41) is 1.07. The summed E-state index contributed by atoms with van der Waals surface area (Å²) < 4.78 is 1.42. The number of aryl methyl sites for hydroxylation is 2. The van der Waals surface area contributed by atoms with Crippen LogP contribution in [0.25, 0.3) is 10.2 Å². The lowest BCUT2D eigenvalue weighted by molar-refractivity contribution is 0.699. The Morgan fingerprint density at radius 2 is 2.12 bits per heavy atom. The van der Waals surface area contributed by atoms with Crippen molar-refractivity contribution in [2.24, 2.45) is 7.05 Å². The van der Waals surface area contributed by atoms with Gasteiger partial charge < -0.3 is 0 Å². The molecule has 0 bridgehead atoms. The van der Waals surface area contributed by atoms with E-state index in [1.54, 1.807) is 18.4 Å². The van der Waals surface area contributed by atoms with Crippen LogP contribution < -0.4 is 5.56 Å². The predicted octanol–water partition coefficient (Wildman–Crippen LogP) is 2.53. The first-order valence-corrected chi connectivity index (χ1v) is 6.54. The Morgan fingerprint density at radius 1 is 1.38 bits per heavy atom. The number of nitrogens with zero attached hydrogens (tertiary/aromatic N) is 2. The monoisotopic (exact) mass is 254 g/mol. The van der Waals surface area contributed by atoms with Crippen molar-refractivity contribution in [3.63, 3.8) is 0 Å². The second kappa shape index (κ2) is 3.57. The lowest BCUT2D eigenvalue weighted by Crippen LogP contribution is -2.19. The Labute approximate surface area is 102 Å². The summed E-state index contributed by atoms with van der Waals surface area (Å²) in [6, 6.07) is 0. The van der Waals surface area contributed by atoms with Crippen molar-refractivity contribution in [3.8, 4) is 0 Å². The van der Waals surface area contributed by atoms with E-state index in [9.17, 15) is 4.79 Å². The normalized spacial score (nSPS) is 15.4. The molecule has 84 valence electrons. The van der Waals surface area contributed by atoms with Crippen LogP contribution in [-0.4, -0.2) is 9.55 Å². The summed E-state index contributed by atoms with van der Waals surface area (Å²) in [7, 11) is 1.67. The Morgan fingerprint density at radius 3 is 2.94 bits per heavy atom. The van der Waals surface area contributed by atoms with Gasteiger partial charge in [0.25, 0.3) is 5.56 Å². The molecule has 0 saturated heterocycles. The van der Waals surface area contributed by atoms with E-state index in [4.69, 9.17) is 11.6 Å². The van der Waals surface area contributed by atoms with E-state index in [0.29, 0.717) is 0 Å². The van der Waals surface area contributed by atoms with Gasteiger partial charge in [-0.2, -0.15) is 0 Å². The van der Waals surface area contributed by atoms with Gasteiger partial charge in [-0.05, 0) is 42.8 Å². The van der Waals surface area contributed by atoms with Gasteiger partial charge in [0.05, 0.1) is 5.39 Å². The number of rotatable bonds is 0. The molecule has 0 spiro atoms. The van der Waals surface area contributed by atoms with Crippen LogP contribution in [0.15, 0.2) is 4.79 Å². The average molecular weight is 255 g/mol.